The van der Waals surface area contributed by atoms with Gasteiger partial charge in [-0.05, 0) is 12.0 Å². The third kappa shape index (κ3) is 5.25. The van der Waals surface area contributed by atoms with E-state index in [2.05, 4.69) is 4.72 Å². The molecule has 0 amide bonds. The Labute approximate surface area is 118 Å². The van der Waals surface area contributed by atoms with Crippen LogP contribution >= 0.6 is 0 Å². The number of rotatable bonds is 8. The van der Waals surface area contributed by atoms with Crippen LogP contribution in [-0.2, 0) is 21.5 Å². The SMILES string of the molecule is CN(Cc1ccccc1)S(=O)(=O)NCC[C@H](O)C(=O)O. The van der Waals surface area contributed by atoms with Crippen molar-refractivity contribution in [1.82, 2.24) is 9.03 Å². The number of nitrogens with zero attached hydrogens (tertiary/aromatic N) is 1. The molecule has 112 valence electrons. The van der Waals surface area contributed by atoms with Crippen LogP contribution in [0.1, 0.15) is 12.0 Å². The number of hydrogen-bond donors (Lipinski definition) is 3. The Bertz CT molecular complexity index is 532. The number of carboxylic acid groups (broad SMARTS) is 1. The van der Waals surface area contributed by atoms with E-state index in [1.54, 1.807) is 12.1 Å². The summed E-state index contributed by atoms with van der Waals surface area (Å²) in [5, 5.41) is 17.5. The quantitative estimate of drug-likeness (QED) is 0.616. The molecular weight excluding hydrogens is 284 g/mol. The van der Waals surface area contributed by atoms with E-state index < -0.39 is 22.3 Å². The molecule has 8 heteroatoms. The largest absolute Gasteiger partial charge is 0.479 e. The molecule has 0 bridgehead atoms. The van der Waals surface area contributed by atoms with Gasteiger partial charge in [0.15, 0.2) is 6.10 Å². The van der Waals surface area contributed by atoms with Gasteiger partial charge in [-0.2, -0.15) is 12.7 Å². The van der Waals surface area contributed by atoms with Crippen molar-refractivity contribution in [3.8, 4) is 0 Å². The smallest absolute Gasteiger partial charge is 0.332 e. The van der Waals surface area contributed by atoms with E-state index in [0.717, 1.165) is 9.87 Å². The Kier molecular flexibility index (Phi) is 6.08. The maximum atomic E-state index is 11.9. The van der Waals surface area contributed by atoms with Crippen LogP contribution < -0.4 is 4.72 Å². The molecule has 0 heterocycles. The molecule has 1 atom stereocenters. The molecule has 7 nitrogen and oxygen atoms in total. The van der Waals surface area contributed by atoms with E-state index >= 15 is 0 Å². The number of hydrogen-bond acceptors (Lipinski definition) is 4. The van der Waals surface area contributed by atoms with Crippen molar-refractivity contribution < 1.29 is 23.4 Å². The lowest BCUT2D eigenvalue weighted by Gasteiger charge is -2.18. The number of benzene rings is 1. The topological polar surface area (TPSA) is 107 Å². The lowest BCUT2D eigenvalue weighted by Crippen LogP contribution is -2.39. The lowest BCUT2D eigenvalue weighted by molar-refractivity contribution is -0.146. The summed E-state index contributed by atoms with van der Waals surface area (Å²) < 4.78 is 27.1. The van der Waals surface area contributed by atoms with E-state index in [4.69, 9.17) is 10.2 Å². The second kappa shape index (κ2) is 7.34. The first-order valence-electron chi connectivity index (χ1n) is 5.98. The highest BCUT2D eigenvalue weighted by molar-refractivity contribution is 7.87. The van der Waals surface area contributed by atoms with Gasteiger partial charge < -0.3 is 10.2 Å². The van der Waals surface area contributed by atoms with E-state index in [0.29, 0.717) is 0 Å². The average molecular weight is 302 g/mol. The molecule has 0 fully saturated rings. The molecule has 0 aromatic heterocycles. The number of carboxylic acids is 1. The van der Waals surface area contributed by atoms with E-state index in [9.17, 15) is 13.2 Å². The van der Waals surface area contributed by atoms with Crippen molar-refractivity contribution in [3.05, 3.63) is 35.9 Å². The zero-order valence-electron chi connectivity index (χ0n) is 11.1. The molecule has 0 saturated carbocycles. The molecule has 20 heavy (non-hydrogen) atoms. The standard InChI is InChI=1S/C12H18N2O5S/c1-14(9-10-5-3-2-4-6-10)20(18,19)13-8-7-11(15)12(16)17/h2-6,11,13,15H,7-9H2,1H3,(H,16,17)/t11-/m0/s1. The summed E-state index contributed by atoms with van der Waals surface area (Å²) >= 11 is 0. The first-order valence-corrected chi connectivity index (χ1v) is 7.42. The molecule has 0 unspecified atom stereocenters. The van der Waals surface area contributed by atoms with Gasteiger partial charge in [0.1, 0.15) is 0 Å². The van der Waals surface area contributed by atoms with Crippen LogP contribution in [-0.4, -0.2) is 48.6 Å². The molecule has 3 N–H and O–H groups in total. The summed E-state index contributed by atoms with van der Waals surface area (Å²) in [5.74, 6) is -1.37. The third-order valence-electron chi connectivity index (χ3n) is 2.65. The maximum Gasteiger partial charge on any atom is 0.332 e. The second-order valence-electron chi connectivity index (χ2n) is 4.28. The van der Waals surface area contributed by atoms with Crippen molar-refractivity contribution in [1.29, 1.82) is 0 Å². The summed E-state index contributed by atoms with van der Waals surface area (Å²) in [6.45, 7) is 0.0621. The van der Waals surface area contributed by atoms with E-state index in [1.807, 2.05) is 18.2 Å². The van der Waals surface area contributed by atoms with Crippen LogP contribution in [0, 0.1) is 0 Å². The summed E-state index contributed by atoms with van der Waals surface area (Å²) in [6.07, 6.45) is -1.76. The fourth-order valence-electron chi connectivity index (χ4n) is 1.48. The van der Waals surface area contributed by atoms with Crippen molar-refractivity contribution in [2.75, 3.05) is 13.6 Å². The van der Waals surface area contributed by atoms with Crippen LogP contribution in [0.2, 0.25) is 0 Å². The molecule has 0 saturated heterocycles. The minimum atomic E-state index is -3.70. The Balaban J connectivity index is 2.49. The molecular formula is C12H18N2O5S. The summed E-state index contributed by atoms with van der Waals surface area (Å²) in [7, 11) is -2.28. The first-order chi connectivity index (χ1) is 9.33. The number of aliphatic hydroxyl groups excluding tert-OH is 1. The van der Waals surface area contributed by atoms with Gasteiger partial charge in [-0.1, -0.05) is 30.3 Å². The van der Waals surface area contributed by atoms with Gasteiger partial charge >= 0.3 is 5.97 Å². The monoisotopic (exact) mass is 302 g/mol. The minimum absolute atomic E-state index is 0.144. The predicted octanol–water partition coefficient (Wildman–Crippen LogP) is -0.212. The minimum Gasteiger partial charge on any atom is -0.479 e. The second-order valence-corrected chi connectivity index (χ2v) is 6.15. The molecule has 1 rings (SSSR count). The number of nitrogens with one attached hydrogen (secondary N) is 1. The van der Waals surface area contributed by atoms with Gasteiger partial charge in [0.2, 0.25) is 0 Å². The van der Waals surface area contributed by atoms with Gasteiger partial charge in [0.25, 0.3) is 10.2 Å². The van der Waals surface area contributed by atoms with Crippen molar-refractivity contribution in [3.63, 3.8) is 0 Å². The molecule has 0 spiro atoms. The van der Waals surface area contributed by atoms with Crippen molar-refractivity contribution >= 4 is 16.2 Å². The van der Waals surface area contributed by atoms with Gasteiger partial charge in [-0.15, -0.1) is 0 Å². The Morgan fingerprint density at radius 1 is 1.35 bits per heavy atom. The van der Waals surface area contributed by atoms with Crippen molar-refractivity contribution in [2.24, 2.45) is 0 Å². The normalized spacial score (nSPS) is 13.3. The highest BCUT2D eigenvalue weighted by atomic mass is 32.2. The van der Waals surface area contributed by atoms with Crippen LogP contribution in [0.4, 0.5) is 0 Å². The van der Waals surface area contributed by atoms with Crippen LogP contribution in [0.3, 0.4) is 0 Å². The zero-order chi connectivity index (χ0) is 15.2. The summed E-state index contributed by atoms with van der Waals surface area (Å²) in [4.78, 5) is 10.4. The Hall–Kier alpha value is -1.48. The highest BCUT2D eigenvalue weighted by Gasteiger charge is 2.19. The lowest BCUT2D eigenvalue weighted by atomic mass is 10.2. The van der Waals surface area contributed by atoms with Gasteiger partial charge in [0.05, 0.1) is 0 Å². The first kappa shape index (κ1) is 16.6. The van der Waals surface area contributed by atoms with E-state index in [1.165, 1.54) is 7.05 Å². The van der Waals surface area contributed by atoms with Gasteiger partial charge in [-0.3, -0.25) is 0 Å². The number of aliphatic carboxylic acids is 1. The Morgan fingerprint density at radius 3 is 2.50 bits per heavy atom. The third-order valence-corrected chi connectivity index (χ3v) is 4.16. The highest BCUT2D eigenvalue weighted by Crippen LogP contribution is 2.05. The molecule has 0 aliphatic heterocycles. The Morgan fingerprint density at radius 2 is 1.95 bits per heavy atom. The summed E-state index contributed by atoms with van der Waals surface area (Å²) in [6, 6.07) is 9.07. The van der Waals surface area contributed by atoms with Gasteiger partial charge in [-0.25, -0.2) is 9.52 Å². The fraction of sp³-hybridized carbons (Fsp3) is 0.417. The van der Waals surface area contributed by atoms with E-state index in [-0.39, 0.29) is 19.5 Å². The van der Waals surface area contributed by atoms with Crippen LogP contribution in [0.5, 0.6) is 0 Å². The molecule has 0 radical (unpaired) electrons. The average Bonchev–Trinajstić information content (AvgIpc) is 2.39. The zero-order valence-corrected chi connectivity index (χ0v) is 11.9. The summed E-state index contributed by atoms with van der Waals surface area (Å²) in [5.41, 5.74) is 0.839. The molecule has 1 aromatic carbocycles. The van der Waals surface area contributed by atoms with Crippen LogP contribution in [0.25, 0.3) is 0 Å². The molecule has 0 aliphatic rings. The van der Waals surface area contributed by atoms with Gasteiger partial charge in [0, 0.05) is 20.1 Å². The maximum absolute atomic E-state index is 11.9. The number of carbonyl (C=O) groups is 1. The molecule has 1 aromatic rings. The number of aliphatic hydroxyl groups is 1. The van der Waals surface area contributed by atoms with Crippen LogP contribution in [0.15, 0.2) is 30.3 Å². The van der Waals surface area contributed by atoms with Crippen molar-refractivity contribution in [2.45, 2.75) is 19.1 Å². The predicted molar refractivity (Wildman–Crippen MR) is 73.1 cm³/mol. The fourth-order valence-corrected chi connectivity index (χ4v) is 2.40. The molecule has 0 aliphatic carbocycles.